The number of aromatic amines is 1. The highest BCUT2D eigenvalue weighted by Gasteiger charge is 2.19. The van der Waals surface area contributed by atoms with E-state index in [1.165, 1.54) is 0 Å². The smallest absolute Gasteiger partial charge is 0.249 e. The number of rotatable bonds is 6. The average molecular weight is 457 g/mol. The maximum atomic E-state index is 13.5. The number of carbonyl (C=O) groups is 1. The molecule has 5 aromatic rings. The predicted molar refractivity (Wildman–Crippen MR) is 129 cm³/mol. The fraction of sp³-hybridized carbons (Fsp3) is 0.120. The molecule has 33 heavy (non-hydrogen) atoms. The number of H-pyrrole nitrogens is 1. The van der Waals surface area contributed by atoms with Crippen molar-refractivity contribution >= 4 is 34.2 Å². The predicted octanol–water partition coefficient (Wildman–Crippen LogP) is 5.02. The summed E-state index contributed by atoms with van der Waals surface area (Å²) in [5.74, 6) is 0.752. The van der Waals surface area contributed by atoms with E-state index in [9.17, 15) is 4.79 Å². The molecular weight excluding hydrogens is 436 g/mol. The third-order valence-electron chi connectivity index (χ3n) is 5.43. The summed E-state index contributed by atoms with van der Waals surface area (Å²) < 4.78 is 1.63. The average Bonchev–Trinajstić information content (AvgIpc) is 3.44. The lowest BCUT2D eigenvalue weighted by Gasteiger charge is -2.23. The number of benzene rings is 3. The third kappa shape index (κ3) is 4.49. The van der Waals surface area contributed by atoms with Crippen LogP contribution in [0.3, 0.4) is 0 Å². The molecule has 0 bridgehead atoms. The van der Waals surface area contributed by atoms with Gasteiger partial charge in [-0.15, -0.1) is 5.10 Å². The molecule has 5 rings (SSSR count). The van der Waals surface area contributed by atoms with E-state index in [0.29, 0.717) is 11.6 Å². The van der Waals surface area contributed by atoms with Crippen molar-refractivity contribution in [2.75, 3.05) is 4.90 Å². The summed E-state index contributed by atoms with van der Waals surface area (Å²) in [6, 6.07) is 23.0. The standard InChI is InChI=1S/C25H21ClN6O/c1-17-27-14-23(28-17)19-9-11-21(12-10-19)31(15-18-5-4-6-20(26)13-18)25(33)16-32-24-8-3-2-7-22(24)29-30-32/h2-14H,15-16H2,1H3,(H,27,28). The van der Waals surface area contributed by atoms with Gasteiger partial charge < -0.3 is 9.88 Å². The largest absolute Gasteiger partial charge is 0.342 e. The van der Waals surface area contributed by atoms with E-state index in [1.807, 2.05) is 79.7 Å². The number of para-hydroxylation sites is 1. The quantitative estimate of drug-likeness (QED) is 0.389. The maximum Gasteiger partial charge on any atom is 0.249 e. The molecule has 0 spiro atoms. The van der Waals surface area contributed by atoms with Gasteiger partial charge >= 0.3 is 0 Å². The molecule has 1 amide bonds. The normalized spacial score (nSPS) is 11.1. The van der Waals surface area contributed by atoms with E-state index in [0.717, 1.165) is 39.4 Å². The molecule has 0 saturated heterocycles. The number of fused-ring (bicyclic) bond motifs is 1. The van der Waals surface area contributed by atoms with Gasteiger partial charge in [-0.3, -0.25) is 4.79 Å². The summed E-state index contributed by atoms with van der Waals surface area (Å²) in [5.41, 5.74) is 5.22. The Hall–Kier alpha value is -3.97. The van der Waals surface area contributed by atoms with Crippen LogP contribution < -0.4 is 4.90 Å². The highest BCUT2D eigenvalue weighted by Crippen LogP contribution is 2.25. The maximum absolute atomic E-state index is 13.5. The van der Waals surface area contributed by atoms with Crippen molar-refractivity contribution in [1.82, 2.24) is 25.0 Å². The summed E-state index contributed by atoms with van der Waals surface area (Å²) >= 11 is 6.19. The highest BCUT2D eigenvalue weighted by molar-refractivity contribution is 6.30. The van der Waals surface area contributed by atoms with Gasteiger partial charge in [0.05, 0.1) is 24.0 Å². The van der Waals surface area contributed by atoms with Crippen molar-refractivity contribution in [3.63, 3.8) is 0 Å². The van der Waals surface area contributed by atoms with E-state index in [-0.39, 0.29) is 12.5 Å². The highest BCUT2D eigenvalue weighted by atomic mass is 35.5. The van der Waals surface area contributed by atoms with Gasteiger partial charge in [0.1, 0.15) is 17.9 Å². The van der Waals surface area contributed by atoms with Crippen LogP contribution in [0.25, 0.3) is 22.3 Å². The van der Waals surface area contributed by atoms with Crippen molar-refractivity contribution < 1.29 is 4.79 Å². The van der Waals surface area contributed by atoms with E-state index >= 15 is 0 Å². The molecule has 3 aromatic carbocycles. The molecule has 0 aliphatic heterocycles. The van der Waals surface area contributed by atoms with Crippen LogP contribution in [0.1, 0.15) is 11.4 Å². The first-order valence-electron chi connectivity index (χ1n) is 10.5. The van der Waals surface area contributed by atoms with Crippen molar-refractivity contribution in [2.24, 2.45) is 0 Å². The molecule has 0 aliphatic carbocycles. The minimum absolute atomic E-state index is 0.0720. The SMILES string of the molecule is Cc1ncc(-c2ccc(N(Cc3cccc(Cl)c3)C(=O)Cn3nnc4ccccc43)cc2)[nH]1. The lowest BCUT2D eigenvalue weighted by atomic mass is 10.1. The number of imidazole rings is 1. The van der Waals surface area contributed by atoms with Crippen molar-refractivity contribution in [3.05, 3.63) is 95.4 Å². The Balaban J connectivity index is 1.46. The van der Waals surface area contributed by atoms with Gasteiger partial charge in [0, 0.05) is 10.7 Å². The van der Waals surface area contributed by atoms with Crippen LogP contribution in [-0.2, 0) is 17.9 Å². The van der Waals surface area contributed by atoms with Crippen LogP contribution in [0.5, 0.6) is 0 Å². The molecule has 1 N–H and O–H groups in total. The number of anilines is 1. The van der Waals surface area contributed by atoms with Crippen LogP contribution in [0.4, 0.5) is 5.69 Å². The van der Waals surface area contributed by atoms with Crippen molar-refractivity contribution in [2.45, 2.75) is 20.0 Å². The van der Waals surface area contributed by atoms with E-state index < -0.39 is 0 Å². The number of aromatic nitrogens is 5. The van der Waals surface area contributed by atoms with E-state index in [4.69, 9.17) is 11.6 Å². The zero-order valence-electron chi connectivity index (χ0n) is 17.9. The van der Waals surface area contributed by atoms with Crippen LogP contribution in [-0.4, -0.2) is 30.9 Å². The fourth-order valence-corrected chi connectivity index (χ4v) is 3.99. The van der Waals surface area contributed by atoms with Crippen LogP contribution in [0.15, 0.2) is 79.0 Å². The number of hydrogen-bond donors (Lipinski definition) is 1. The van der Waals surface area contributed by atoms with E-state index in [1.54, 1.807) is 15.8 Å². The molecule has 2 heterocycles. The molecule has 0 saturated carbocycles. The Morgan fingerprint density at radius 1 is 1.06 bits per heavy atom. The number of halogens is 1. The molecule has 2 aromatic heterocycles. The molecule has 0 atom stereocenters. The zero-order chi connectivity index (χ0) is 22.8. The molecule has 164 valence electrons. The van der Waals surface area contributed by atoms with Gasteiger partial charge in [0.2, 0.25) is 5.91 Å². The van der Waals surface area contributed by atoms with Gasteiger partial charge in [-0.05, 0) is 54.4 Å². The Bertz CT molecular complexity index is 1420. The zero-order valence-corrected chi connectivity index (χ0v) is 18.7. The lowest BCUT2D eigenvalue weighted by Crippen LogP contribution is -2.33. The Kier molecular flexibility index (Phi) is 5.62. The number of nitrogens with zero attached hydrogens (tertiary/aromatic N) is 5. The van der Waals surface area contributed by atoms with Crippen LogP contribution >= 0.6 is 11.6 Å². The number of nitrogens with one attached hydrogen (secondary N) is 1. The van der Waals surface area contributed by atoms with Crippen molar-refractivity contribution in [1.29, 1.82) is 0 Å². The minimum Gasteiger partial charge on any atom is -0.342 e. The summed E-state index contributed by atoms with van der Waals surface area (Å²) in [4.78, 5) is 22.7. The summed E-state index contributed by atoms with van der Waals surface area (Å²) in [7, 11) is 0. The first kappa shape index (κ1) is 20.9. The number of hydrogen-bond acceptors (Lipinski definition) is 4. The Morgan fingerprint density at radius 3 is 2.64 bits per heavy atom. The molecule has 0 unspecified atom stereocenters. The first-order valence-corrected chi connectivity index (χ1v) is 10.9. The second-order valence-electron chi connectivity index (χ2n) is 7.77. The number of aryl methyl sites for hydroxylation is 1. The summed E-state index contributed by atoms with van der Waals surface area (Å²) in [6.07, 6.45) is 1.80. The molecule has 7 nitrogen and oxygen atoms in total. The van der Waals surface area contributed by atoms with Gasteiger partial charge in [-0.1, -0.05) is 53.2 Å². The molecular formula is C25H21ClN6O. The Morgan fingerprint density at radius 2 is 1.88 bits per heavy atom. The molecule has 0 fully saturated rings. The topological polar surface area (TPSA) is 79.7 Å². The van der Waals surface area contributed by atoms with Gasteiger partial charge in [-0.25, -0.2) is 9.67 Å². The first-order chi connectivity index (χ1) is 16.1. The number of amides is 1. The van der Waals surface area contributed by atoms with E-state index in [2.05, 4.69) is 20.3 Å². The van der Waals surface area contributed by atoms with Crippen LogP contribution in [0.2, 0.25) is 5.02 Å². The second-order valence-corrected chi connectivity index (χ2v) is 8.21. The fourth-order valence-electron chi connectivity index (χ4n) is 3.78. The monoisotopic (exact) mass is 456 g/mol. The summed E-state index contributed by atoms with van der Waals surface area (Å²) in [6.45, 7) is 2.37. The number of carbonyl (C=O) groups excluding carboxylic acids is 1. The second kappa shape index (κ2) is 8.88. The van der Waals surface area contributed by atoms with Crippen molar-refractivity contribution in [3.8, 4) is 11.3 Å². The Labute approximate surface area is 195 Å². The minimum atomic E-state index is -0.101. The van der Waals surface area contributed by atoms with Gasteiger partial charge in [0.15, 0.2) is 0 Å². The summed E-state index contributed by atoms with van der Waals surface area (Å²) in [5, 5.41) is 8.97. The molecule has 8 heteroatoms. The van der Waals surface area contributed by atoms with Crippen LogP contribution in [0, 0.1) is 6.92 Å². The third-order valence-corrected chi connectivity index (χ3v) is 5.66. The molecule has 0 aliphatic rings. The van der Waals surface area contributed by atoms with Gasteiger partial charge in [0.25, 0.3) is 0 Å². The van der Waals surface area contributed by atoms with Gasteiger partial charge in [-0.2, -0.15) is 0 Å². The lowest BCUT2D eigenvalue weighted by molar-refractivity contribution is -0.119. The molecule has 0 radical (unpaired) electrons.